The predicted molar refractivity (Wildman–Crippen MR) is 103 cm³/mol. The van der Waals surface area contributed by atoms with E-state index in [0.717, 1.165) is 25.3 Å². The first-order chi connectivity index (χ1) is 11.4. The molecule has 0 bridgehead atoms. The first kappa shape index (κ1) is 20.9. The van der Waals surface area contributed by atoms with Crippen molar-refractivity contribution in [1.29, 1.82) is 0 Å². The molecule has 0 unspecified atom stereocenters. The molecular weight excluding hydrogens is 344 g/mol. The van der Waals surface area contributed by atoms with Gasteiger partial charge in [0.2, 0.25) is 10.0 Å². The highest BCUT2D eigenvalue weighted by molar-refractivity contribution is 7.88. The van der Waals surface area contributed by atoms with Crippen LogP contribution in [0.2, 0.25) is 0 Å². The maximum Gasteiger partial charge on any atom is 0.211 e. The molecule has 0 aliphatic rings. The van der Waals surface area contributed by atoms with Crippen molar-refractivity contribution < 1.29 is 8.42 Å². The Morgan fingerprint density at radius 2 is 1.92 bits per heavy atom. The van der Waals surface area contributed by atoms with Gasteiger partial charge in [0, 0.05) is 35.9 Å². The summed E-state index contributed by atoms with van der Waals surface area (Å²) in [4.78, 5) is 7.21. The molecule has 8 heteroatoms. The predicted octanol–water partition coefficient (Wildman–Crippen LogP) is 2.04. The van der Waals surface area contributed by atoms with Crippen molar-refractivity contribution in [2.45, 2.75) is 40.2 Å². The number of nitrogens with zero attached hydrogens (tertiary/aromatic N) is 2. The quantitative estimate of drug-likeness (QED) is 0.373. The molecule has 0 atom stereocenters. The van der Waals surface area contributed by atoms with Gasteiger partial charge in [0.25, 0.3) is 0 Å². The highest BCUT2D eigenvalue weighted by Gasteiger charge is 2.13. The van der Waals surface area contributed by atoms with Crippen molar-refractivity contribution in [2.75, 3.05) is 32.4 Å². The Hall–Kier alpha value is -1.12. The van der Waals surface area contributed by atoms with Crippen LogP contribution in [-0.2, 0) is 23.0 Å². The summed E-state index contributed by atoms with van der Waals surface area (Å²) in [5.41, 5.74) is 0. The molecule has 0 radical (unpaired) electrons. The van der Waals surface area contributed by atoms with Crippen LogP contribution in [0.4, 0.5) is 0 Å². The zero-order valence-corrected chi connectivity index (χ0v) is 16.8. The zero-order chi connectivity index (χ0) is 18.0. The molecule has 0 amide bonds. The molecular formula is C16H30N4O2S2. The van der Waals surface area contributed by atoms with Crippen LogP contribution in [0.15, 0.2) is 17.1 Å². The van der Waals surface area contributed by atoms with Gasteiger partial charge in [0.1, 0.15) is 0 Å². The molecule has 1 aromatic rings. The summed E-state index contributed by atoms with van der Waals surface area (Å²) >= 11 is 1.79. The summed E-state index contributed by atoms with van der Waals surface area (Å²) in [6, 6.07) is 4.28. The minimum Gasteiger partial charge on any atom is -0.357 e. The lowest BCUT2D eigenvalue weighted by molar-refractivity contribution is 0.424. The minimum absolute atomic E-state index is 0.505. The van der Waals surface area contributed by atoms with E-state index in [-0.39, 0.29) is 0 Å². The largest absolute Gasteiger partial charge is 0.357 e. The molecule has 1 heterocycles. The summed E-state index contributed by atoms with van der Waals surface area (Å²) in [6.45, 7) is 9.19. The number of thiophene rings is 1. The van der Waals surface area contributed by atoms with Gasteiger partial charge in [-0.25, -0.2) is 17.7 Å². The molecule has 0 saturated heterocycles. The average Bonchev–Trinajstić information content (AvgIpc) is 2.99. The Bertz CT molecular complexity index is 611. The summed E-state index contributed by atoms with van der Waals surface area (Å²) in [5.74, 6) is 0.770. The van der Waals surface area contributed by atoms with Gasteiger partial charge in [0.05, 0.1) is 12.8 Å². The Morgan fingerprint density at radius 3 is 2.46 bits per heavy atom. The van der Waals surface area contributed by atoms with E-state index in [1.807, 2.05) is 13.8 Å². The van der Waals surface area contributed by atoms with Crippen LogP contribution in [0.5, 0.6) is 0 Å². The fraction of sp³-hybridized carbons (Fsp3) is 0.688. The van der Waals surface area contributed by atoms with E-state index in [1.54, 1.807) is 11.3 Å². The van der Waals surface area contributed by atoms with Gasteiger partial charge in [-0.3, -0.25) is 0 Å². The maximum atomic E-state index is 11.5. The molecule has 0 aliphatic carbocycles. The van der Waals surface area contributed by atoms with Crippen LogP contribution in [-0.4, -0.2) is 51.1 Å². The SMILES string of the molecule is CCNC(=NCc1ccc(CC)s1)NCCCN(CC)S(C)(=O)=O. The third-order valence-corrected chi connectivity index (χ3v) is 6.09. The first-order valence-electron chi connectivity index (χ1n) is 8.45. The summed E-state index contributed by atoms with van der Waals surface area (Å²) in [6.07, 6.45) is 3.05. The average molecular weight is 375 g/mol. The van der Waals surface area contributed by atoms with Gasteiger partial charge in [-0.15, -0.1) is 11.3 Å². The van der Waals surface area contributed by atoms with Crippen molar-refractivity contribution in [3.05, 3.63) is 21.9 Å². The number of sulfonamides is 1. The fourth-order valence-electron chi connectivity index (χ4n) is 2.22. The minimum atomic E-state index is -3.11. The Morgan fingerprint density at radius 1 is 1.21 bits per heavy atom. The molecule has 1 rings (SSSR count). The Labute approximate surface area is 150 Å². The number of hydrogen-bond donors (Lipinski definition) is 2. The molecule has 0 fully saturated rings. The fourth-order valence-corrected chi connectivity index (χ4v) is 4.03. The number of rotatable bonds is 10. The van der Waals surface area contributed by atoms with E-state index in [0.29, 0.717) is 26.2 Å². The second-order valence-corrected chi connectivity index (χ2v) is 8.69. The lowest BCUT2D eigenvalue weighted by Crippen LogP contribution is -2.39. The third-order valence-electron chi connectivity index (χ3n) is 3.50. The summed E-state index contributed by atoms with van der Waals surface area (Å²) < 4.78 is 24.6. The second-order valence-electron chi connectivity index (χ2n) is 5.45. The van der Waals surface area contributed by atoms with Crippen molar-refractivity contribution >= 4 is 27.3 Å². The molecule has 0 saturated carbocycles. The van der Waals surface area contributed by atoms with E-state index in [9.17, 15) is 8.42 Å². The Kier molecular flexibility index (Phi) is 9.31. The zero-order valence-electron chi connectivity index (χ0n) is 15.1. The normalized spacial score (nSPS) is 12.6. The van der Waals surface area contributed by atoms with Gasteiger partial charge in [-0.1, -0.05) is 13.8 Å². The van der Waals surface area contributed by atoms with Gasteiger partial charge in [0.15, 0.2) is 5.96 Å². The lowest BCUT2D eigenvalue weighted by Gasteiger charge is -2.18. The topological polar surface area (TPSA) is 73.8 Å². The standard InChI is InChI=1S/C16H30N4O2S2/c1-5-14-9-10-15(23-14)13-19-16(17-6-2)18-11-8-12-20(7-3)24(4,21)22/h9-10H,5-8,11-13H2,1-4H3,(H2,17,18,19). The molecule has 0 spiro atoms. The van der Waals surface area contributed by atoms with Gasteiger partial charge in [-0.2, -0.15) is 0 Å². The smallest absolute Gasteiger partial charge is 0.211 e. The van der Waals surface area contributed by atoms with Crippen LogP contribution in [0, 0.1) is 0 Å². The molecule has 24 heavy (non-hydrogen) atoms. The molecule has 6 nitrogen and oxygen atoms in total. The van der Waals surface area contributed by atoms with Crippen LogP contribution >= 0.6 is 11.3 Å². The van der Waals surface area contributed by atoms with Crippen molar-refractivity contribution in [3.8, 4) is 0 Å². The highest BCUT2D eigenvalue weighted by Crippen LogP contribution is 2.17. The number of nitrogens with one attached hydrogen (secondary N) is 2. The maximum absolute atomic E-state index is 11.5. The second kappa shape index (κ2) is 10.7. The highest BCUT2D eigenvalue weighted by atomic mass is 32.2. The number of aryl methyl sites for hydroxylation is 1. The monoisotopic (exact) mass is 374 g/mol. The third kappa shape index (κ3) is 7.63. The molecule has 2 N–H and O–H groups in total. The van der Waals surface area contributed by atoms with Crippen LogP contribution in [0.3, 0.4) is 0 Å². The number of guanidine groups is 1. The van der Waals surface area contributed by atoms with Gasteiger partial charge < -0.3 is 10.6 Å². The van der Waals surface area contributed by atoms with E-state index in [2.05, 4.69) is 34.7 Å². The first-order valence-corrected chi connectivity index (χ1v) is 11.1. The summed E-state index contributed by atoms with van der Waals surface area (Å²) in [7, 11) is -3.11. The van der Waals surface area contributed by atoms with E-state index < -0.39 is 10.0 Å². The summed E-state index contributed by atoms with van der Waals surface area (Å²) in [5, 5.41) is 6.48. The van der Waals surface area contributed by atoms with Gasteiger partial charge in [-0.05, 0) is 31.9 Å². The Balaban J connectivity index is 2.46. The van der Waals surface area contributed by atoms with Crippen molar-refractivity contribution in [1.82, 2.24) is 14.9 Å². The molecule has 1 aromatic heterocycles. The number of aliphatic imine (C=N–C) groups is 1. The number of hydrogen-bond acceptors (Lipinski definition) is 4. The molecule has 138 valence electrons. The van der Waals surface area contributed by atoms with Crippen LogP contribution in [0.1, 0.15) is 36.9 Å². The molecule has 0 aromatic carbocycles. The van der Waals surface area contributed by atoms with Crippen molar-refractivity contribution in [2.24, 2.45) is 4.99 Å². The van der Waals surface area contributed by atoms with E-state index >= 15 is 0 Å². The lowest BCUT2D eigenvalue weighted by atomic mass is 10.4. The van der Waals surface area contributed by atoms with Crippen LogP contribution in [0.25, 0.3) is 0 Å². The van der Waals surface area contributed by atoms with E-state index in [1.165, 1.54) is 20.3 Å². The van der Waals surface area contributed by atoms with Crippen molar-refractivity contribution in [3.63, 3.8) is 0 Å². The van der Waals surface area contributed by atoms with Gasteiger partial charge >= 0.3 is 0 Å². The van der Waals surface area contributed by atoms with Crippen LogP contribution < -0.4 is 10.6 Å². The molecule has 0 aliphatic heterocycles. The van der Waals surface area contributed by atoms with E-state index in [4.69, 9.17) is 0 Å².